The molecule has 4 amide bonds. The molecule has 2 aliphatic carbocycles. The van der Waals surface area contributed by atoms with Gasteiger partial charge in [0.25, 0.3) is 5.91 Å². The summed E-state index contributed by atoms with van der Waals surface area (Å²) < 4.78 is 86.7. The van der Waals surface area contributed by atoms with Crippen molar-refractivity contribution in [3.63, 3.8) is 0 Å². The number of hydrogen-bond acceptors (Lipinski definition) is 10. The van der Waals surface area contributed by atoms with Crippen LogP contribution in [0.5, 0.6) is 11.6 Å². The number of carbonyl (C=O) groups is 4. The van der Waals surface area contributed by atoms with E-state index in [9.17, 15) is 40.8 Å². The highest BCUT2D eigenvalue weighted by Gasteiger charge is 2.63. The lowest BCUT2D eigenvalue weighted by Gasteiger charge is -2.34. The van der Waals surface area contributed by atoms with Crippen LogP contribution in [0.1, 0.15) is 98.0 Å². The maximum absolute atomic E-state index is 14.8. The van der Waals surface area contributed by atoms with Crippen molar-refractivity contribution in [2.75, 3.05) is 13.2 Å². The smallest absolute Gasteiger partial charge is 0.427 e. The summed E-state index contributed by atoms with van der Waals surface area (Å²) in [6.45, 7) is 7.14. The molecule has 2 aromatic rings. The number of carbonyl (C=O) groups excluding carboxylic acids is 4. The summed E-state index contributed by atoms with van der Waals surface area (Å²) >= 11 is 0. The van der Waals surface area contributed by atoms with E-state index in [-0.39, 0.29) is 31.2 Å². The summed E-state index contributed by atoms with van der Waals surface area (Å²) in [5, 5.41) is 6.65. The first-order chi connectivity index (χ1) is 28.2. The Labute approximate surface area is 347 Å². The Bertz CT molecular complexity index is 2180. The summed E-state index contributed by atoms with van der Waals surface area (Å²) in [6, 6.07) is 2.88. The molecule has 1 saturated heterocycles. The number of ether oxygens (including phenoxy) is 3. The Morgan fingerprint density at radius 2 is 1.85 bits per heavy atom. The summed E-state index contributed by atoms with van der Waals surface area (Å²) in [7, 11) is -4.09. The van der Waals surface area contributed by atoms with Gasteiger partial charge in [0.2, 0.25) is 33.3 Å². The molecule has 1 unspecified atom stereocenters. The molecule has 18 heteroatoms. The number of benzene rings is 1. The van der Waals surface area contributed by atoms with Crippen molar-refractivity contribution in [3.05, 3.63) is 42.1 Å². The number of halogens is 3. The third-order valence-corrected chi connectivity index (χ3v) is 15.3. The normalized spacial score (nSPS) is 29.9. The van der Waals surface area contributed by atoms with Gasteiger partial charge < -0.3 is 29.7 Å². The minimum absolute atomic E-state index is 0.0342. The fourth-order valence-electron chi connectivity index (χ4n) is 8.84. The number of alkyl halides is 3. The molecule has 60 heavy (non-hydrogen) atoms. The lowest BCUT2D eigenvalue weighted by Crippen LogP contribution is -2.60. The van der Waals surface area contributed by atoms with Gasteiger partial charge in [0, 0.05) is 29.3 Å². The zero-order chi connectivity index (χ0) is 43.4. The number of allylic oxidation sites excluding steroid dienone is 1. The number of aromatic nitrogens is 1. The second kappa shape index (κ2) is 16.0. The van der Waals surface area contributed by atoms with E-state index in [1.165, 1.54) is 4.90 Å². The van der Waals surface area contributed by atoms with E-state index in [0.717, 1.165) is 29.5 Å². The summed E-state index contributed by atoms with van der Waals surface area (Å²) in [5.74, 6) is -2.68. The highest BCUT2D eigenvalue weighted by atomic mass is 32.2. The summed E-state index contributed by atoms with van der Waals surface area (Å²) in [6.07, 6.45) is 2.40. The number of nitrogens with zero attached hydrogens (tertiary/aromatic N) is 2. The quantitative estimate of drug-likeness (QED) is 0.282. The molecule has 1 aromatic carbocycles. The molecule has 0 bridgehead atoms. The molecule has 7 atom stereocenters. The van der Waals surface area contributed by atoms with Gasteiger partial charge in [0.05, 0.1) is 17.9 Å². The average Bonchev–Trinajstić information content (AvgIpc) is 4.09. The van der Waals surface area contributed by atoms with Crippen LogP contribution in [0.25, 0.3) is 10.8 Å². The van der Waals surface area contributed by atoms with E-state index in [2.05, 4.69) is 20.3 Å². The van der Waals surface area contributed by atoms with Crippen LogP contribution in [0.15, 0.2) is 36.5 Å². The van der Waals surface area contributed by atoms with Gasteiger partial charge in [-0.2, -0.15) is 13.2 Å². The van der Waals surface area contributed by atoms with E-state index in [0.29, 0.717) is 64.4 Å². The van der Waals surface area contributed by atoms with Crippen molar-refractivity contribution in [1.29, 1.82) is 0 Å². The number of amides is 4. The van der Waals surface area contributed by atoms with Gasteiger partial charge in [-0.25, -0.2) is 18.2 Å². The fourth-order valence-corrected chi connectivity index (χ4v) is 10.5. The molecular weight excluding hydrogens is 808 g/mol. The van der Waals surface area contributed by atoms with Crippen molar-refractivity contribution in [1.82, 2.24) is 25.2 Å². The lowest BCUT2D eigenvalue weighted by molar-refractivity contribution is -0.244. The van der Waals surface area contributed by atoms with Crippen molar-refractivity contribution in [2.45, 2.75) is 139 Å². The lowest BCUT2D eigenvalue weighted by atomic mass is 9.88. The van der Waals surface area contributed by atoms with Gasteiger partial charge in [-0.3, -0.25) is 19.1 Å². The predicted octanol–water partition coefficient (Wildman–Crippen LogP) is 5.62. The Morgan fingerprint density at radius 3 is 2.55 bits per heavy atom. The summed E-state index contributed by atoms with van der Waals surface area (Å²) in [5.41, 5.74) is -3.48. The highest BCUT2D eigenvalue weighted by Crippen LogP contribution is 2.49. The molecule has 1 aromatic heterocycles. The second-order valence-corrected chi connectivity index (χ2v) is 19.9. The van der Waals surface area contributed by atoms with E-state index >= 15 is 0 Å². The van der Waals surface area contributed by atoms with Crippen LogP contribution >= 0.6 is 0 Å². The van der Waals surface area contributed by atoms with Gasteiger partial charge in [0.1, 0.15) is 29.5 Å². The van der Waals surface area contributed by atoms with E-state index in [4.69, 9.17) is 14.2 Å². The van der Waals surface area contributed by atoms with Crippen LogP contribution < -0.4 is 24.8 Å². The molecule has 2 saturated carbocycles. The molecule has 3 aliphatic heterocycles. The second-order valence-electron chi connectivity index (χ2n) is 17.8. The van der Waals surface area contributed by atoms with Gasteiger partial charge in [-0.05, 0) is 101 Å². The van der Waals surface area contributed by atoms with Crippen LogP contribution in [-0.2, 0) is 35.6 Å². The first kappa shape index (κ1) is 43.5. The number of nitrogens with one attached hydrogen (secondary N) is 3. The number of hydrogen-bond donors (Lipinski definition) is 3. The maximum Gasteiger partial charge on any atom is 0.427 e. The van der Waals surface area contributed by atoms with Gasteiger partial charge in [0.15, 0.2) is 0 Å². The SMILES string of the molecule is CCC1(S(=O)(=O)NC(=O)[C@@]23C[C@H]2/C=C\CC[C@@H](C)C[C@@H](C)C(NC(=O)OC(C)(C)C(F)(F)F)C(=O)N2C[C@H](Oc4nccc5c6c(ccc45)CCCO6)C[C@H]2C(=O)N3)CC1. The third kappa shape index (κ3) is 8.36. The summed E-state index contributed by atoms with van der Waals surface area (Å²) in [4.78, 5) is 62.4. The molecule has 3 fully saturated rings. The average molecular weight is 862 g/mol. The largest absolute Gasteiger partial charge is 0.493 e. The molecule has 5 aliphatic rings. The van der Waals surface area contributed by atoms with Gasteiger partial charge >= 0.3 is 12.3 Å². The van der Waals surface area contributed by atoms with Crippen LogP contribution in [0.2, 0.25) is 0 Å². The molecular formula is C42H54F3N5O9S. The molecule has 0 radical (unpaired) electrons. The van der Waals surface area contributed by atoms with Crippen molar-refractivity contribution >= 4 is 44.6 Å². The van der Waals surface area contributed by atoms with E-state index in [1.807, 2.05) is 31.2 Å². The number of sulfonamides is 1. The Hall–Kier alpha value is -4.61. The Kier molecular flexibility index (Phi) is 11.6. The first-order valence-electron chi connectivity index (χ1n) is 20.8. The van der Waals surface area contributed by atoms with E-state index in [1.54, 1.807) is 26.1 Å². The number of rotatable bonds is 8. The first-order valence-corrected chi connectivity index (χ1v) is 22.3. The Morgan fingerprint density at radius 1 is 1.10 bits per heavy atom. The third-order valence-electron chi connectivity index (χ3n) is 13.0. The zero-order valence-corrected chi connectivity index (χ0v) is 35.3. The topological polar surface area (TPSA) is 182 Å². The fraction of sp³-hybridized carbons (Fsp3) is 0.643. The van der Waals surface area contributed by atoms with Crippen molar-refractivity contribution in [2.24, 2.45) is 17.8 Å². The molecule has 0 spiro atoms. The van der Waals surface area contributed by atoms with Gasteiger partial charge in [-0.1, -0.05) is 39.0 Å². The van der Waals surface area contributed by atoms with Crippen LogP contribution in [0.3, 0.4) is 0 Å². The highest BCUT2D eigenvalue weighted by molar-refractivity contribution is 7.91. The maximum atomic E-state index is 14.8. The number of fused-ring (bicyclic) bond motifs is 5. The number of pyridine rings is 1. The Balaban J connectivity index is 1.23. The molecule has 3 N–H and O–H groups in total. The van der Waals surface area contributed by atoms with Crippen LogP contribution in [0, 0.1) is 17.8 Å². The standard InChI is InChI=1S/C42H54F3N5O9S/c1-6-40(16-17-40)60(55,56)49-37(53)41-22-27(41)12-8-7-10-24(2)20-25(3)32(47-38(54)59-39(4,5)42(43,44)45)36(52)50-23-28(21-31(50)34(51)48-41)58-35-30-14-13-26-11-9-19-57-33(26)29(30)15-18-46-35/h8,12-15,18,24-25,27-28,31-32H,6-7,9-11,16-17,19-23H2,1-5H3,(H,47,54)(H,48,51)(H,49,53)/b12-8-/t24-,25-,27-,28-,31+,32?,41-/m1/s1. The zero-order valence-electron chi connectivity index (χ0n) is 34.5. The molecule has 328 valence electrons. The molecule has 14 nitrogen and oxygen atoms in total. The monoisotopic (exact) mass is 861 g/mol. The predicted molar refractivity (Wildman–Crippen MR) is 213 cm³/mol. The van der Waals surface area contributed by atoms with E-state index < -0.39 is 85.9 Å². The van der Waals surface area contributed by atoms with Crippen LogP contribution in [0.4, 0.5) is 18.0 Å². The van der Waals surface area contributed by atoms with Crippen LogP contribution in [-0.4, -0.2) is 95.5 Å². The number of alkyl carbamates (subject to hydrolysis) is 1. The number of aryl methyl sites for hydroxylation is 1. The minimum atomic E-state index is -4.91. The molecule has 4 heterocycles. The molecule has 7 rings (SSSR count). The minimum Gasteiger partial charge on any atom is -0.493 e. The van der Waals surface area contributed by atoms with Crippen molar-refractivity contribution in [3.8, 4) is 11.6 Å². The van der Waals surface area contributed by atoms with Gasteiger partial charge in [-0.15, -0.1) is 0 Å². The van der Waals surface area contributed by atoms with Crippen molar-refractivity contribution < 1.29 is 55.0 Å².